The van der Waals surface area contributed by atoms with Crippen LogP contribution in [0.5, 0.6) is 5.75 Å². The summed E-state index contributed by atoms with van der Waals surface area (Å²) in [5.74, 6) is -0.0521. The molecule has 1 aromatic heterocycles. The van der Waals surface area contributed by atoms with Gasteiger partial charge >= 0.3 is 5.97 Å². The number of ether oxygens (including phenoxy) is 2. The van der Waals surface area contributed by atoms with Gasteiger partial charge in [0.15, 0.2) is 5.78 Å². The fourth-order valence-corrected chi connectivity index (χ4v) is 4.66. The Labute approximate surface area is 200 Å². The number of carbonyl (C=O) groups excluding carboxylic acids is 2. The molecule has 0 atom stereocenters. The van der Waals surface area contributed by atoms with Crippen molar-refractivity contribution in [2.45, 2.75) is 25.3 Å². The van der Waals surface area contributed by atoms with E-state index in [4.69, 9.17) is 9.47 Å². The third-order valence-electron chi connectivity index (χ3n) is 4.89. The van der Waals surface area contributed by atoms with Crippen molar-refractivity contribution in [2.75, 3.05) is 20.0 Å². The van der Waals surface area contributed by atoms with Gasteiger partial charge in [0, 0.05) is 16.0 Å². The summed E-state index contributed by atoms with van der Waals surface area (Å²) >= 11 is 2.86. The van der Waals surface area contributed by atoms with E-state index in [0.29, 0.717) is 26.1 Å². The van der Waals surface area contributed by atoms with Gasteiger partial charge in [0.25, 0.3) is 5.56 Å². The number of ketones is 1. The maximum Gasteiger partial charge on any atom is 0.333 e. The molecule has 0 N–H and O–H groups in total. The van der Waals surface area contributed by atoms with E-state index in [0.717, 1.165) is 10.5 Å². The second-order valence-electron chi connectivity index (χ2n) is 7.09. The van der Waals surface area contributed by atoms with Crippen molar-refractivity contribution in [2.24, 2.45) is 0 Å². The van der Waals surface area contributed by atoms with Crippen molar-refractivity contribution in [3.05, 3.63) is 78.7 Å². The number of nitrogens with zero attached hydrogens (tertiary/aromatic N) is 1. The van der Waals surface area contributed by atoms with Crippen LogP contribution in [0, 0.1) is 0 Å². The van der Waals surface area contributed by atoms with Crippen molar-refractivity contribution in [3.63, 3.8) is 0 Å². The van der Waals surface area contributed by atoms with Gasteiger partial charge < -0.3 is 9.47 Å². The van der Waals surface area contributed by atoms with Gasteiger partial charge in [-0.1, -0.05) is 12.1 Å². The highest BCUT2D eigenvalue weighted by Gasteiger charge is 2.13. The lowest BCUT2D eigenvalue weighted by atomic mass is 10.1. The molecule has 0 saturated carbocycles. The number of thioether (sulfide) groups is 1. The molecule has 2 aromatic carbocycles. The van der Waals surface area contributed by atoms with Gasteiger partial charge in [-0.15, -0.1) is 23.1 Å². The summed E-state index contributed by atoms with van der Waals surface area (Å²) < 4.78 is 12.9. The van der Waals surface area contributed by atoms with E-state index in [-0.39, 0.29) is 24.5 Å². The molecule has 0 aliphatic heterocycles. The van der Waals surface area contributed by atoms with Crippen LogP contribution in [0.25, 0.3) is 12.2 Å². The third kappa shape index (κ3) is 6.03. The Morgan fingerprint density at radius 1 is 1.15 bits per heavy atom. The van der Waals surface area contributed by atoms with E-state index in [1.165, 1.54) is 36.0 Å². The van der Waals surface area contributed by atoms with Gasteiger partial charge in [-0.25, -0.2) is 4.79 Å². The molecule has 0 aliphatic carbocycles. The average Bonchev–Trinajstić information content (AvgIpc) is 3.08. The lowest BCUT2D eigenvalue weighted by Crippen LogP contribution is -2.32. The minimum absolute atomic E-state index is 0.0856. The second kappa shape index (κ2) is 11.2. The van der Waals surface area contributed by atoms with E-state index < -0.39 is 5.97 Å². The van der Waals surface area contributed by atoms with Crippen LogP contribution >= 0.6 is 23.1 Å². The molecule has 172 valence electrons. The normalized spacial score (nSPS) is 12.1. The molecule has 0 bridgehead atoms. The zero-order chi connectivity index (χ0) is 24.0. The highest BCUT2D eigenvalue weighted by atomic mass is 32.2. The first-order valence-corrected chi connectivity index (χ1v) is 12.3. The van der Waals surface area contributed by atoms with Gasteiger partial charge in [-0.2, -0.15) is 0 Å². The smallest absolute Gasteiger partial charge is 0.333 e. The van der Waals surface area contributed by atoms with E-state index in [1.54, 1.807) is 43.0 Å². The largest absolute Gasteiger partial charge is 0.496 e. The van der Waals surface area contributed by atoms with Gasteiger partial charge in [0.2, 0.25) is 0 Å². The van der Waals surface area contributed by atoms with Crippen LogP contribution in [-0.2, 0) is 16.1 Å². The molecule has 3 rings (SSSR count). The molecule has 0 radical (unpaired) electrons. The average molecular weight is 484 g/mol. The predicted molar refractivity (Wildman–Crippen MR) is 133 cm³/mol. The molecule has 0 spiro atoms. The molecule has 0 unspecified atom stereocenters. The quantitative estimate of drug-likeness (QED) is 0.279. The first kappa shape index (κ1) is 24.5. The first-order chi connectivity index (χ1) is 15.9. The Balaban J connectivity index is 2.16. The molecule has 33 heavy (non-hydrogen) atoms. The van der Waals surface area contributed by atoms with E-state index in [9.17, 15) is 14.4 Å². The maximum atomic E-state index is 13.3. The number of methoxy groups -OCH3 is 1. The summed E-state index contributed by atoms with van der Waals surface area (Å²) in [6.45, 7) is 3.59. The lowest BCUT2D eigenvalue weighted by Gasteiger charge is -2.10. The molecular weight excluding hydrogens is 458 g/mol. The Morgan fingerprint density at radius 3 is 2.48 bits per heavy atom. The maximum absolute atomic E-state index is 13.3. The number of aromatic nitrogens is 1. The second-order valence-corrected chi connectivity index (χ2v) is 9.03. The molecular formula is C25H25NO5S2. The zero-order valence-electron chi connectivity index (χ0n) is 18.9. The standard InChI is InChI=1S/C25H25NO5S2/c1-5-31-24(28)14-23-26(15-19-13-18(16(2)27)8-11-21(19)30-3)25(29)22(33-23)12-17-6-9-20(32-4)10-7-17/h6-14H,5,15H2,1-4H3/b22-12-,23-14-. The SMILES string of the molecule is CCOC(=O)/C=c1\s/c(=C\c2ccc(SC)cc2)c(=O)n1Cc1cc(C(C)=O)ccc1OC. The van der Waals surface area contributed by atoms with Gasteiger partial charge in [0.05, 0.1) is 30.9 Å². The van der Waals surface area contributed by atoms with E-state index in [2.05, 4.69) is 0 Å². The fraction of sp³-hybridized carbons (Fsp3) is 0.240. The van der Waals surface area contributed by atoms with Crippen LogP contribution in [0.2, 0.25) is 0 Å². The number of benzene rings is 2. The number of Topliss-reactive ketones (excluding diaryl/α,β-unsaturated/α-hetero) is 1. The minimum Gasteiger partial charge on any atom is -0.496 e. The topological polar surface area (TPSA) is 74.6 Å². The van der Waals surface area contributed by atoms with Gasteiger partial charge in [-0.05, 0) is 62.1 Å². The Morgan fingerprint density at radius 2 is 1.88 bits per heavy atom. The van der Waals surface area contributed by atoms with Gasteiger partial charge in [-0.3, -0.25) is 14.2 Å². The monoisotopic (exact) mass is 483 g/mol. The van der Waals surface area contributed by atoms with Crippen molar-refractivity contribution in [1.82, 2.24) is 4.57 Å². The Kier molecular flexibility index (Phi) is 8.30. The summed E-state index contributed by atoms with van der Waals surface area (Å²) in [4.78, 5) is 38.5. The van der Waals surface area contributed by atoms with Crippen molar-refractivity contribution >= 4 is 47.0 Å². The number of thiazole rings is 1. The van der Waals surface area contributed by atoms with Crippen LogP contribution in [-0.4, -0.2) is 36.3 Å². The highest BCUT2D eigenvalue weighted by Crippen LogP contribution is 2.21. The van der Waals surface area contributed by atoms with Crippen LogP contribution in [0.3, 0.4) is 0 Å². The van der Waals surface area contributed by atoms with Crippen LogP contribution in [0.4, 0.5) is 0 Å². The summed E-state index contributed by atoms with van der Waals surface area (Å²) in [5, 5.41) is 0. The molecule has 3 aromatic rings. The Bertz CT molecular complexity index is 1340. The number of rotatable bonds is 8. The third-order valence-corrected chi connectivity index (χ3v) is 6.70. The van der Waals surface area contributed by atoms with E-state index >= 15 is 0 Å². The number of esters is 1. The van der Waals surface area contributed by atoms with Crippen molar-refractivity contribution in [3.8, 4) is 5.75 Å². The Hall–Kier alpha value is -3.10. The summed E-state index contributed by atoms with van der Waals surface area (Å²) in [6, 6.07) is 13.0. The molecule has 1 heterocycles. The minimum atomic E-state index is -0.521. The molecule has 6 nitrogen and oxygen atoms in total. The first-order valence-electron chi connectivity index (χ1n) is 10.3. The lowest BCUT2D eigenvalue weighted by molar-refractivity contribution is -0.135. The predicted octanol–water partition coefficient (Wildman–Crippen LogP) is 3.06. The molecule has 0 amide bonds. The zero-order valence-corrected chi connectivity index (χ0v) is 20.5. The van der Waals surface area contributed by atoms with Crippen LogP contribution < -0.4 is 19.5 Å². The highest BCUT2D eigenvalue weighted by molar-refractivity contribution is 7.98. The van der Waals surface area contributed by atoms with Gasteiger partial charge in [0.1, 0.15) is 10.4 Å². The number of carbonyl (C=O) groups is 2. The van der Waals surface area contributed by atoms with Crippen LogP contribution in [0.15, 0.2) is 52.2 Å². The van der Waals surface area contributed by atoms with Crippen molar-refractivity contribution < 1.29 is 19.1 Å². The van der Waals surface area contributed by atoms with Crippen molar-refractivity contribution in [1.29, 1.82) is 0 Å². The summed E-state index contributed by atoms with van der Waals surface area (Å²) in [5.41, 5.74) is 1.84. The van der Waals surface area contributed by atoms with E-state index in [1.807, 2.05) is 30.5 Å². The van der Waals surface area contributed by atoms with Crippen LogP contribution in [0.1, 0.15) is 35.3 Å². The molecule has 0 aliphatic rings. The fourth-order valence-electron chi connectivity index (χ4n) is 3.22. The number of hydrogen-bond acceptors (Lipinski definition) is 7. The molecule has 0 fully saturated rings. The molecule has 8 heteroatoms. The molecule has 0 saturated heterocycles. The number of hydrogen-bond donors (Lipinski definition) is 0. The summed E-state index contributed by atoms with van der Waals surface area (Å²) in [7, 11) is 1.53. The summed E-state index contributed by atoms with van der Waals surface area (Å²) in [6.07, 6.45) is 5.13.